The highest BCUT2D eigenvalue weighted by atomic mass is 127. The van der Waals surface area contributed by atoms with E-state index in [2.05, 4.69) is 58.1 Å². The number of piperidine rings is 1. The number of piperazine rings is 1. The van der Waals surface area contributed by atoms with E-state index in [1.54, 1.807) is 11.3 Å². The Hall–Kier alpha value is -0.450. The second-order valence-corrected chi connectivity index (χ2v) is 10.0. The summed E-state index contributed by atoms with van der Waals surface area (Å²) in [6.45, 7) is 19.8. The van der Waals surface area contributed by atoms with Crippen molar-refractivity contribution >= 4 is 41.3 Å². The van der Waals surface area contributed by atoms with Crippen molar-refractivity contribution in [2.24, 2.45) is 16.8 Å². The molecular formula is C22H41IN6S. The molecule has 0 spiro atoms. The Bertz CT molecular complexity index is 633. The van der Waals surface area contributed by atoms with Gasteiger partial charge in [-0.3, -0.25) is 14.8 Å². The lowest BCUT2D eigenvalue weighted by atomic mass is 9.97. The molecule has 0 aliphatic carbocycles. The van der Waals surface area contributed by atoms with Crippen molar-refractivity contribution in [3.8, 4) is 0 Å². The molecule has 0 atom stereocenters. The summed E-state index contributed by atoms with van der Waals surface area (Å²) in [7, 11) is 0. The smallest absolute Gasteiger partial charge is 0.194 e. The van der Waals surface area contributed by atoms with E-state index in [4.69, 9.17) is 4.99 Å². The quantitative estimate of drug-likeness (QED) is 0.321. The van der Waals surface area contributed by atoms with Crippen LogP contribution in [0.2, 0.25) is 0 Å². The van der Waals surface area contributed by atoms with Crippen molar-refractivity contribution in [3.05, 3.63) is 16.1 Å². The van der Waals surface area contributed by atoms with E-state index in [9.17, 15) is 0 Å². The maximum Gasteiger partial charge on any atom is 0.194 e. The molecule has 0 amide bonds. The molecule has 3 heterocycles. The second-order valence-electron chi connectivity index (χ2n) is 8.95. The van der Waals surface area contributed by atoms with E-state index in [1.807, 2.05) is 0 Å². The number of hydrogen-bond donors (Lipinski definition) is 1. The van der Waals surface area contributed by atoms with Crippen molar-refractivity contribution < 1.29 is 0 Å². The number of aromatic nitrogens is 1. The van der Waals surface area contributed by atoms with Gasteiger partial charge in [0.05, 0.1) is 10.7 Å². The minimum atomic E-state index is 0. The Morgan fingerprint density at radius 3 is 2.43 bits per heavy atom. The number of nitrogens with one attached hydrogen (secondary N) is 1. The number of aliphatic imine (C=N–C) groups is 1. The number of halogens is 1. The monoisotopic (exact) mass is 548 g/mol. The summed E-state index contributed by atoms with van der Waals surface area (Å²) in [5.41, 5.74) is 1.23. The summed E-state index contributed by atoms with van der Waals surface area (Å²) in [5.74, 6) is 2.57. The summed E-state index contributed by atoms with van der Waals surface area (Å²) >= 11 is 1.76. The summed E-state index contributed by atoms with van der Waals surface area (Å²) in [6, 6.07) is 0. The zero-order valence-corrected chi connectivity index (χ0v) is 22.4. The van der Waals surface area contributed by atoms with Crippen LogP contribution in [-0.4, -0.2) is 84.5 Å². The van der Waals surface area contributed by atoms with Gasteiger partial charge >= 0.3 is 0 Å². The number of aryl methyl sites for hydroxylation is 1. The molecular weight excluding hydrogens is 507 g/mol. The van der Waals surface area contributed by atoms with Gasteiger partial charge in [-0.2, -0.15) is 0 Å². The molecule has 3 rings (SSSR count). The number of guanidine groups is 1. The van der Waals surface area contributed by atoms with Crippen LogP contribution in [0.5, 0.6) is 0 Å². The molecule has 8 heteroatoms. The van der Waals surface area contributed by atoms with Gasteiger partial charge in [0, 0.05) is 57.7 Å². The van der Waals surface area contributed by atoms with Crippen molar-refractivity contribution in [2.45, 2.75) is 47.1 Å². The lowest BCUT2D eigenvalue weighted by Crippen LogP contribution is -2.53. The van der Waals surface area contributed by atoms with E-state index < -0.39 is 0 Å². The maximum absolute atomic E-state index is 5.04. The Morgan fingerprint density at radius 1 is 1.17 bits per heavy atom. The number of thiazole rings is 1. The SMILES string of the molecule is CCNC(=NCC1CCN(Cc2csc(C)n2)CC1)N1CCN(CC(C)C)CC1.I. The fourth-order valence-corrected chi connectivity index (χ4v) is 4.94. The lowest BCUT2D eigenvalue weighted by Gasteiger charge is -2.37. The molecule has 1 aromatic heterocycles. The zero-order chi connectivity index (χ0) is 20.6. The fourth-order valence-electron chi connectivity index (χ4n) is 4.34. The number of hydrogen-bond acceptors (Lipinski definition) is 5. The van der Waals surface area contributed by atoms with Crippen molar-refractivity contribution in [1.82, 2.24) is 25.0 Å². The predicted octanol–water partition coefficient (Wildman–Crippen LogP) is 3.52. The Balaban J connectivity index is 0.00000320. The highest BCUT2D eigenvalue weighted by Crippen LogP contribution is 2.20. The van der Waals surface area contributed by atoms with Crippen LogP contribution >= 0.6 is 35.3 Å². The largest absolute Gasteiger partial charge is 0.357 e. The van der Waals surface area contributed by atoms with Gasteiger partial charge in [-0.25, -0.2) is 4.98 Å². The summed E-state index contributed by atoms with van der Waals surface area (Å²) in [4.78, 5) is 17.3. The first-order valence-electron chi connectivity index (χ1n) is 11.4. The van der Waals surface area contributed by atoms with Crippen LogP contribution in [0, 0.1) is 18.8 Å². The summed E-state index contributed by atoms with van der Waals surface area (Å²) in [6.07, 6.45) is 2.49. The van der Waals surface area contributed by atoms with E-state index in [1.165, 1.54) is 43.2 Å². The van der Waals surface area contributed by atoms with Crippen LogP contribution in [0.4, 0.5) is 0 Å². The van der Waals surface area contributed by atoms with Gasteiger partial charge in [0.25, 0.3) is 0 Å². The van der Waals surface area contributed by atoms with E-state index in [0.717, 1.165) is 57.7 Å². The molecule has 2 aliphatic heterocycles. The van der Waals surface area contributed by atoms with Crippen LogP contribution in [0.1, 0.15) is 44.3 Å². The Morgan fingerprint density at radius 2 is 1.87 bits per heavy atom. The van der Waals surface area contributed by atoms with Gasteiger partial charge in [-0.05, 0) is 51.6 Å². The number of likely N-dealkylation sites (tertiary alicyclic amines) is 1. The molecule has 0 saturated carbocycles. The molecule has 0 radical (unpaired) electrons. The van der Waals surface area contributed by atoms with Crippen LogP contribution in [0.25, 0.3) is 0 Å². The average Bonchev–Trinajstić information content (AvgIpc) is 3.11. The first kappa shape index (κ1) is 25.8. The van der Waals surface area contributed by atoms with Crippen LogP contribution in [0.15, 0.2) is 10.4 Å². The molecule has 6 nitrogen and oxygen atoms in total. The third kappa shape index (κ3) is 8.24. The average molecular weight is 549 g/mol. The molecule has 1 aromatic rings. The molecule has 172 valence electrons. The van der Waals surface area contributed by atoms with E-state index in [-0.39, 0.29) is 24.0 Å². The molecule has 2 fully saturated rings. The molecule has 0 unspecified atom stereocenters. The van der Waals surface area contributed by atoms with Crippen molar-refractivity contribution in [3.63, 3.8) is 0 Å². The minimum Gasteiger partial charge on any atom is -0.357 e. The second kappa shape index (κ2) is 13.2. The third-order valence-corrected chi connectivity index (χ3v) is 6.71. The predicted molar refractivity (Wildman–Crippen MR) is 139 cm³/mol. The van der Waals surface area contributed by atoms with Gasteiger partial charge in [-0.15, -0.1) is 35.3 Å². The normalized spacial score (nSPS) is 19.9. The topological polar surface area (TPSA) is 47.0 Å². The van der Waals surface area contributed by atoms with Crippen LogP contribution < -0.4 is 5.32 Å². The van der Waals surface area contributed by atoms with Gasteiger partial charge in [0.15, 0.2) is 5.96 Å². The van der Waals surface area contributed by atoms with E-state index >= 15 is 0 Å². The molecule has 30 heavy (non-hydrogen) atoms. The third-order valence-electron chi connectivity index (χ3n) is 5.89. The Labute approximate surface area is 204 Å². The number of nitrogens with zero attached hydrogens (tertiary/aromatic N) is 5. The van der Waals surface area contributed by atoms with Crippen molar-refractivity contribution in [1.29, 1.82) is 0 Å². The van der Waals surface area contributed by atoms with Gasteiger partial charge in [0.1, 0.15) is 0 Å². The maximum atomic E-state index is 5.04. The van der Waals surface area contributed by atoms with Gasteiger partial charge in [-0.1, -0.05) is 13.8 Å². The van der Waals surface area contributed by atoms with Gasteiger partial charge in [0.2, 0.25) is 0 Å². The van der Waals surface area contributed by atoms with Crippen LogP contribution in [-0.2, 0) is 6.54 Å². The van der Waals surface area contributed by atoms with Gasteiger partial charge < -0.3 is 10.2 Å². The molecule has 2 aliphatic rings. The molecule has 2 saturated heterocycles. The lowest BCUT2D eigenvalue weighted by molar-refractivity contribution is 0.162. The molecule has 0 bridgehead atoms. The van der Waals surface area contributed by atoms with Crippen LogP contribution in [0.3, 0.4) is 0 Å². The molecule has 1 N–H and O–H groups in total. The summed E-state index contributed by atoms with van der Waals surface area (Å²) < 4.78 is 0. The zero-order valence-electron chi connectivity index (χ0n) is 19.3. The van der Waals surface area contributed by atoms with Crippen molar-refractivity contribution in [2.75, 3.05) is 58.9 Å². The molecule has 0 aromatic carbocycles. The van der Waals surface area contributed by atoms with E-state index in [0.29, 0.717) is 5.92 Å². The standard InChI is InChI=1S/C22H40N6S.HI/c1-5-23-22(28-12-10-27(11-13-28)15-18(2)3)24-14-20-6-8-26(9-7-20)16-21-17-29-19(4)25-21;/h17-18,20H,5-16H2,1-4H3,(H,23,24);1H. The first-order chi connectivity index (χ1) is 14.0. The highest BCUT2D eigenvalue weighted by Gasteiger charge is 2.22. The number of rotatable bonds is 7. The minimum absolute atomic E-state index is 0. The summed E-state index contributed by atoms with van der Waals surface area (Å²) in [5, 5.41) is 6.91. The first-order valence-corrected chi connectivity index (χ1v) is 12.3. The fraction of sp³-hybridized carbons (Fsp3) is 0.818. The Kier molecular flexibility index (Phi) is 11.3. The highest BCUT2D eigenvalue weighted by molar-refractivity contribution is 14.0.